The van der Waals surface area contributed by atoms with Crippen molar-refractivity contribution in [3.05, 3.63) is 34.5 Å². The van der Waals surface area contributed by atoms with E-state index in [0.717, 1.165) is 30.4 Å². The second kappa shape index (κ2) is 7.53. The molecular formula is C19H23ClN4O4S. The Balaban J connectivity index is 1.60. The first-order valence-electron chi connectivity index (χ1n) is 9.62. The number of carbonyl (C=O) groups is 1. The van der Waals surface area contributed by atoms with Crippen molar-refractivity contribution in [2.45, 2.75) is 56.4 Å². The van der Waals surface area contributed by atoms with E-state index < -0.39 is 16.1 Å². The van der Waals surface area contributed by atoms with Crippen LogP contribution in [0.5, 0.6) is 5.88 Å². The molecule has 8 nitrogen and oxygen atoms in total. The van der Waals surface area contributed by atoms with Crippen molar-refractivity contribution in [2.24, 2.45) is 0 Å². The smallest absolute Gasteiger partial charge is 0.333 e. The third-order valence-electron chi connectivity index (χ3n) is 5.07. The predicted molar refractivity (Wildman–Crippen MR) is 109 cm³/mol. The number of hydrogen-bond acceptors (Lipinski definition) is 5. The number of urea groups is 1. The van der Waals surface area contributed by atoms with Crippen molar-refractivity contribution >= 4 is 33.3 Å². The van der Waals surface area contributed by atoms with E-state index in [1.165, 1.54) is 10.9 Å². The van der Waals surface area contributed by atoms with E-state index in [1.807, 2.05) is 26.0 Å². The standard InChI is InChI=1S/C19H23ClN4O4S/c1-11(2)14-8-13(20)9-15(12-4-5-12)17(14)22-19(25)23-29(26,27)16-10-21-24-6-3-7-28-18(16)24/h8-12H,3-7H2,1-2H3,(H2,22,23,25). The van der Waals surface area contributed by atoms with Crippen LogP contribution in [0.4, 0.5) is 10.5 Å². The number of fused-ring (bicyclic) bond motifs is 1. The van der Waals surface area contributed by atoms with Crippen LogP contribution in [0.3, 0.4) is 0 Å². The van der Waals surface area contributed by atoms with E-state index in [1.54, 1.807) is 0 Å². The van der Waals surface area contributed by atoms with Crippen molar-refractivity contribution in [1.82, 2.24) is 14.5 Å². The maximum Gasteiger partial charge on any atom is 0.333 e. The van der Waals surface area contributed by atoms with Crippen LogP contribution in [-0.2, 0) is 16.6 Å². The van der Waals surface area contributed by atoms with Gasteiger partial charge in [-0.25, -0.2) is 22.6 Å². The Labute approximate surface area is 174 Å². The molecule has 0 atom stereocenters. The first-order valence-corrected chi connectivity index (χ1v) is 11.5. The Bertz CT molecular complexity index is 1040. The van der Waals surface area contributed by atoms with Gasteiger partial charge in [0.25, 0.3) is 10.0 Å². The molecule has 2 heterocycles. The molecule has 2 amide bonds. The largest absolute Gasteiger partial charge is 0.477 e. The lowest BCUT2D eigenvalue weighted by Gasteiger charge is -2.19. The molecule has 0 bridgehead atoms. The quantitative estimate of drug-likeness (QED) is 0.738. The first kappa shape index (κ1) is 20.0. The van der Waals surface area contributed by atoms with Crippen LogP contribution in [0, 0.1) is 0 Å². The van der Waals surface area contributed by atoms with Gasteiger partial charge in [0.1, 0.15) is 0 Å². The number of carbonyl (C=O) groups excluding carboxylic acids is 1. The van der Waals surface area contributed by atoms with Crippen molar-refractivity contribution in [3.8, 4) is 5.88 Å². The summed E-state index contributed by atoms with van der Waals surface area (Å²) in [5, 5.41) is 7.39. The number of anilines is 1. The molecule has 29 heavy (non-hydrogen) atoms. The number of amides is 2. The summed E-state index contributed by atoms with van der Waals surface area (Å²) in [4.78, 5) is 12.5. The second-order valence-electron chi connectivity index (χ2n) is 7.69. The van der Waals surface area contributed by atoms with E-state index in [9.17, 15) is 13.2 Å². The summed E-state index contributed by atoms with van der Waals surface area (Å²) >= 11 is 6.27. The molecular weight excluding hydrogens is 416 g/mol. The van der Waals surface area contributed by atoms with E-state index in [4.69, 9.17) is 16.3 Å². The minimum atomic E-state index is -4.13. The number of aromatic nitrogens is 2. The molecule has 4 rings (SSSR count). The Morgan fingerprint density at radius 2 is 2.10 bits per heavy atom. The van der Waals surface area contributed by atoms with Gasteiger partial charge in [0.2, 0.25) is 5.88 Å². The van der Waals surface area contributed by atoms with Crippen molar-refractivity contribution in [3.63, 3.8) is 0 Å². The van der Waals surface area contributed by atoms with E-state index in [-0.39, 0.29) is 16.7 Å². The predicted octanol–water partition coefficient (Wildman–Crippen LogP) is 3.83. The van der Waals surface area contributed by atoms with Crippen molar-refractivity contribution in [2.75, 3.05) is 11.9 Å². The van der Waals surface area contributed by atoms with Crippen LogP contribution in [0.2, 0.25) is 5.02 Å². The normalized spacial score (nSPS) is 16.3. The number of hydrogen-bond donors (Lipinski definition) is 2. The number of sulfonamides is 1. The summed E-state index contributed by atoms with van der Waals surface area (Å²) in [6, 6.07) is 2.83. The zero-order chi connectivity index (χ0) is 20.8. The number of rotatable bonds is 5. The Morgan fingerprint density at radius 1 is 1.34 bits per heavy atom. The fourth-order valence-corrected chi connectivity index (χ4v) is 4.73. The number of benzene rings is 1. The molecule has 2 N–H and O–H groups in total. The summed E-state index contributed by atoms with van der Waals surface area (Å²) in [7, 11) is -4.13. The zero-order valence-corrected chi connectivity index (χ0v) is 17.8. The van der Waals surface area contributed by atoms with Crippen LogP contribution >= 0.6 is 11.6 Å². The summed E-state index contributed by atoms with van der Waals surface area (Å²) in [5.41, 5.74) is 2.45. The molecule has 1 fully saturated rings. The van der Waals surface area contributed by atoms with Gasteiger partial charge in [0.15, 0.2) is 4.90 Å². The SMILES string of the molecule is CC(C)c1cc(Cl)cc(C2CC2)c1NC(=O)NS(=O)(=O)c1cnn2c1OCCC2. The summed E-state index contributed by atoms with van der Waals surface area (Å²) in [5.74, 6) is 0.591. The summed E-state index contributed by atoms with van der Waals surface area (Å²) in [6.07, 6.45) is 3.99. The van der Waals surface area contributed by atoms with E-state index >= 15 is 0 Å². The molecule has 10 heteroatoms. The Kier molecular flexibility index (Phi) is 5.20. The molecule has 1 aromatic heterocycles. The van der Waals surface area contributed by atoms with Gasteiger partial charge in [-0.05, 0) is 47.9 Å². The number of ether oxygens (including phenoxy) is 1. The number of aryl methyl sites for hydroxylation is 1. The van der Waals surface area contributed by atoms with Gasteiger partial charge in [-0.15, -0.1) is 0 Å². The molecule has 2 aromatic rings. The summed E-state index contributed by atoms with van der Waals surface area (Å²) in [6.45, 7) is 4.98. The molecule has 1 aliphatic heterocycles. The van der Waals surface area contributed by atoms with Crippen LogP contribution in [0.15, 0.2) is 23.2 Å². The van der Waals surface area contributed by atoms with Gasteiger partial charge >= 0.3 is 6.03 Å². The average molecular weight is 439 g/mol. The highest BCUT2D eigenvalue weighted by Gasteiger charge is 2.31. The lowest BCUT2D eigenvalue weighted by atomic mass is 9.95. The van der Waals surface area contributed by atoms with Gasteiger partial charge in [0.05, 0.1) is 12.8 Å². The Morgan fingerprint density at radius 3 is 2.79 bits per heavy atom. The fourth-order valence-electron chi connectivity index (χ4n) is 3.51. The number of nitrogens with one attached hydrogen (secondary N) is 2. The molecule has 2 aliphatic rings. The van der Waals surface area contributed by atoms with Crippen LogP contribution in [0.1, 0.15) is 56.1 Å². The monoisotopic (exact) mass is 438 g/mol. The summed E-state index contributed by atoms with van der Waals surface area (Å²) < 4.78 is 34.5. The molecule has 0 spiro atoms. The van der Waals surface area contributed by atoms with Crippen LogP contribution in [0.25, 0.3) is 0 Å². The third kappa shape index (κ3) is 4.06. The second-order valence-corrected chi connectivity index (χ2v) is 9.77. The third-order valence-corrected chi connectivity index (χ3v) is 6.60. The van der Waals surface area contributed by atoms with Gasteiger partial charge in [-0.1, -0.05) is 25.4 Å². The van der Waals surface area contributed by atoms with Gasteiger partial charge in [-0.2, -0.15) is 5.10 Å². The number of halogens is 1. The van der Waals surface area contributed by atoms with Crippen molar-refractivity contribution < 1.29 is 17.9 Å². The van der Waals surface area contributed by atoms with Gasteiger partial charge in [-0.3, -0.25) is 0 Å². The highest BCUT2D eigenvalue weighted by atomic mass is 35.5. The highest BCUT2D eigenvalue weighted by molar-refractivity contribution is 7.90. The zero-order valence-electron chi connectivity index (χ0n) is 16.2. The van der Waals surface area contributed by atoms with E-state index in [0.29, 0.717) is 29.8 Å². The van der Waals surface area contributed by atoms with Crippen molar-refractivity contribution in [1.29, 1.82) is 0 Å². The Hall–Kier alpha value is -2.26. The topological polar surface area (TPSA) is 102 Å². The fraction of sp³-hybridized carbons (Fsp3) is 0.474. The van der Waals surface area contributed by atoms with Crippen LogP contribution in [-0.4, -0.2) is 30.8 Å². The maximum atomic E-state index is 12.7. The molecule has 1 aliphatic carbocycles. The lowest BCUT2D eigenvalue weighted by molar-refractivity contribution is 0.224. The maximum absolute atomic E-state index is 12.7. The number of nitrogens with zero attached hydrogens (tertiary/aromatic N) is 2. The minimum absolute atomic E-state index is 0.106. The molecule has 0 saturated heterocycles. The van der Waals surface area contributed by atoms with E-state index in [2.05, 4.69) is 15.1 Å². The molecule has 0 unspecified atom stereocenters. The first-order chi connectivity index (χ1) is 13.8. The molecule has 0 radical (unpaired) electrons. The van der Waals surface area contributed by atoms with Gasteiger partial charge < -0.3 is 10.1 Å². The highest BCUT2D eigenvalue weighted by Crippen LogP contribution is 2.46. The molecule has 1 saturated carbocycles. The molecule has 1 aromatic carbocycles. The van der Waals surface area contributed by atoms with Gasteiger partial charge in [0, 0.05) is 23.7 Å². The lowest BCUT2D eigenvalue weighted by Crippen LogP contribution is -2.35. The average Bonchev–Trinajstić information content (AvgIpc) is 3.40. The van der Waals surface area contributed by atoms with Crippen LogP contribution < -0.4 is 14.8 Å². The minimum Gasteiger partial charge on any atom is -0.477 e. The molecule has 156 valence electrons.